The Morgan fingerprint density at radius 1 is 1.00 bits per heavy atom. The van der Waals surface area contributed by atoms with Crippen LogP contribution in [-0.4, -0.2) is 54.8 Å². The molecule has 180 valence electrons. The van der Waals surface area contributed by atoms with Crippen molar-refractivity contribution in [3.63, 3.8) is 0 Å². The molecule has 1 aromatic heterocycles. The molecule has 0 radical (unpaired) electrons. The minimum Gasteiger partial charge on any atom is -0.461 e. The fourth-order valence-corrected chi connectivity index (χ4v) is 5.28. The van der Waals surface area contributed by atoms with Crippen molar-refractivity contribution in [3.8, 4) is 5.69 Å². The second kappa shape index (κ2) is 10.5. The molecule has 0 unspecified atom stereocenters. The molecule has 3 aromatic rings. The summed E-state index contributed by atoms with van der Waals surface area (Å²) < 4.78 is 39.3. The summed E-state index contributed by atoms with van der Waals surface area (Å²) in [4.78, 5) is 12.5. The maximum Gasteiger partial charge on any atom is 0.306 e. The van der Waals surface area contributed by atoms with E-state index in [1.807, 2.05) is 48.9 Å². The van der Waals surface area contributed by atoms with Crippen LogP contribution in [0.5, 0.6) is 0 Å². The third kappa shape index (κ3) is 5.72. The van der Waals surface area contributed by atoms with Crippen molar-refractivity contribution in [2.24, 2.45) is 0 Å². The number of carbonyl (C=O) groups is 1. The molecule has 0 N–H and O–H groups in total. The van der Waals surface area contributed by atoms with E-state index in [0.29, 0.717) is 32.7 Å². The lowest BCUT2D eigenvalue weighted by molar-refractivity contribution is -0.144. The van der Waals surface area contributed by atoms with E-state index in [9.17, 15) is 13.2 Å². The Morgan fingerprint density at radius 3 is 2.26 bits per heavy atom. The summed E-state index contributed by atoms with van der Waals surface area (Å²) in [6.07, 6.45) is 0.701. The van der Waals surface area contributed by atoms with Gasteiger partial charge in [-0.1, -0.05) is 24.3 Å². The fourth-order valence-electron chi connectivity index (χ4n) is 3.87. The van der Waals surface area contributed by atoms with E-state index in [1.165, 1.54) is 4.31 Å². The molecule has 1 aliphatic rings. The second-order valence-corrected chi connectivity index (χ2v) is 10.3. The zero-order valence-electron chi connectivity index (χ0n) is 19.4. The Balaban J connectivity index is 1.26. The smallest absolute Gasteiger partial charge is 0.306 e. The van der Waals surface area contributed by atoms with Gasteiger partial charge in [0.05, 0.1) is 29.5 Å². The molecule has 0 saturated carbocycles. The van der Waals surface area contributed by atoms with Gasteiger partial charge in [0.25, 0.3) is 0 Å². The SMILES string of the molecule is Cc1cc(C)n(-c2ccc(COC(=O)CCc3ccc(S(=O)(=O)N4CCOCC4)cc3)cc2)n1. The number of hydrogen-bond acceptors (Lipinski definition) is 6. The van der Waals surface area contributed by atoms with Crippen LogP contribution in [0, 0.1) is 13.8 Å². The summed E-state index contributed by atoms with van der Waals surface area (Å²) in [6.45, 7) is 5.71. The van der Waals surface area contributed by atoms with Gasteiger partial charge in [-0.05, 0) is 61.7 Å². The number of aryl methyl sites for hydroxylation is 3. The predicted molar refractivity (Wildman–Crippen MR) is 127 cm³/mol. The van der Waals surface area contributed by atoms with Crippen molar-refractivity contribution < 1.29 is 22.7 Å². The van der Waals surface area contributed by atoms with Gasteiger partial charge in [-0.15, -0.1) is 0 Å². The summed E-state index contributed by atoms with van der Waals surface area (Å²) in [5.74, 6) is -0.298. The number of nitrogens with zero attached hydrogens (tertiary/aromatic N) is 3. The van der Waals surface area contributed by atoms with Crippen LogP contribution in [0.4, 0.5) is 0 Å². The quantitative estimate of drug-likeness (QED) is 0.457. The van der Waals surface area contributed by atoms with Crippen molar-refractivity contribution in [1.82, 2.24) is 14.1 Å². The molecule has 1 fully saturated rings. The van der Waals surface area contributed by atoms with E-state index in [4.69, 9.17) is 9.47 Å². The van der Waals surface area contributed by atoms with E-state index in [-0.39, 0.29) is 23.9 Å². The fraction of sp³-hybridized carbons (Fsp3) is 0.360. The first-order valence-electron chi connectivity index (χ1n) is 11.3. The third-order valence-electron chi connectivity index (χ3n) is 5.74. The molecule has 1 aliphatic heterocycles. The van der Waals surface area contributed by atoms with Crippen molar-refractivity contribution in [2.45, 2.75) is 38.2 Å². The summed E-state index contributed by atoms with van der Waals surface area (Å²) in [5, 5.41) is 4.47. The number of esters is 1. The molecule has 2 aromatic carbocycles. The molecule has 0 atom stereocenters. The van der Waals surface area contributed by atoms with E-state index in [1.54, 1.807) is 24.3 Å². The number of morpholine rings is 1. The van der Waals surface area contributed by atoms with Crippen LogP contribution in [0.25, 0.3) is 5.69 Å². The van der Waals surface area contributed by atoms with E-state index in [0.717, 1.165) is 28.2 Å². The van der Waals surface area contributed by atoms with Crippen LogP contribution < -0.4 is 0 Å². The number of hydrogen-bond donors (Lipinski definition) is 0. The number of aromatic nitrogens is 2. The van der Waals surface area contributed by atoms with Crippen LogP contribution in [0.2, 0.25) is 0 Å². The average molecular weight is 484 g/mol. The molecular weight excluding hydrogens is 454 g/mol. The zero-order chi connectivity index (χ0) is 24.1. The normalized spacial score (nSPS) is 14.8. The standard InChI is InChI=1S/C25H29N3O5S/c1-19-17-20(2)28(26-19)23-8-3-22(4-9-23)18-33-25(29)12-7-21-5-10-24(11-6-21)34(30,31)27-13-15-32-16-14-27/h3-6,8-11,17H,7,12-16,18H2,1-2H3. The van der Waals surface area contributed by atoms with Crippen molar-refractivity contribution in [2.75, 3.05) is 26.3 Å². The molecule has 0 spiro atoms. The predicted octanol–water partition coefficient (Wildman–Crippen LogP) is 3.19. The van der Waals surface area contributed by atoms with Gasteiger partial charge in [0, 0.05) is 25.2 Å². The number of benzene rings is 2. The van der Waals surface area contributed by atoms with Crippen molar-refractivity contribution >= 4 is 16.0 Å². The average Bonchev–Trinajstić information content (AvgIpc) is 3.20. The van der Waals surface area contributed by atoms with Crippen LogP contribution in [0.3, 0.4) is 0 Å². The third-order valence-corrected chi connectivity index (χ3v) is 7.65. The highest BCUT2D eigenvalue weighted by Gasteiger charge is 2.26. The number of ether oxygens (including phenoxy) is 2. The molecule has 9 heteroatoms. The number of carbonyl (C=O) groups excluding carboxylic acids is 1. The van der Waals surface area contributed by atoms with Crippen molar-refractivity contribution in [1.29, 1.82) is 0 Å². The zero-order valence-corrected chi connectivity index (χ0v) is 20.3. The van der Waals surface area contributed by atoms with Gasteiger partial charge in [0.2, 0.25) is 10.0 Å². The minimum atomic E-state index is -3.52. The molecule has 0 bridgehead atoms. The van der Waals surface area contributed by atoms with Crippen LogP contribution >= 0.6 is 0 Å². The van der Waals surface area contributed by atoms with Gasteiger partial charge >= 0.3 is 5.97 Å². The maximum atomic E-state index is 12.7. The molecule has 2 heterocycles. The van der Waals surface area contributed by atoms with Gasteiger partial charge in [-0.2, -0.15) is 9.40 Å². The lowest BCUT2D eigenvalue weighted by Crippen LogP contribution is -2.40. The maximum absolute atomic E-state index is 12.7. The number of sulfonamides is 1. The Kier molecular flexibility index (Phi) is 7.45. The first kappa shape index (κ1) is 24.1. The van der Waals surface area contributed by atoms with Crippen LogP contribution in [0.1, 0.15) is 28.9 Å². The lowest BCUT2D eigenvalue weighted by Gasteiger charge is -2.26. The lowest BCUT2D eigenvalue weighted by atomic mass is 10.1. The Bertz CT molecular complexity index is 1230. The van der Waals surface area contributed by atoms with Crippen LogP contribution in [-0.2, 0) is 37.3 Å². The first-order valence-corrected chi connectivity index (χ1v) is 12.7. The van der Waals surface area contributed by atoms with Gasteiger partial charge in [0.15, 0.2) is 0 Å². The Hall–Kier alpha value is -3.01. The molecular formula is C25H29N3O5S. The first-order chi connectivity index (χ1) is 16.3. The van der Waals surface area contributed by atoms with E-state index >= 15 is 0 Å². The van der Waals surface area contributed by atoms with Gasteiger partial charge in [0.1, 0.15) is 6.61 Å². The number of rotatable bonds is 8. The monoisotopic (exact) mass is 483 g/mol. The summed E-state index contributed by atoms with van der Waals surface area (Å²) >= 11 is 0. The molecule has 34 heavy (non-hydrogen) atoms. The van der Waals surface area contributed by atoms with Crippen LogP contribution in [0.15, 0.2) is 59.5 Å². The van der Waals surface area contributed by atoms with Crippen molar-refractivity contribution in [3.05, 3.63) is 77.1 Å². The Labute approximate surface area is 200 Å². The van der Waals surface area contributed by atoms with Gasteiger partial charge < -0.3 is 9.47 Å². The largest absolute Gasteiger partial charge is 0.461 e. The molecule has 1 saturated heterocycles. The topological polar surface area (TPSA) is 90.7 Å². The van der Waals surface area contributed by atoms with E-state index in [2.05, 4.69) is 5.10 Å². The summed E-state index contributed by atoms with van der Waals surface area (Å²) in [7, 11) is -3.52. The Morgan fingerprint density at radius 2 is 1.65 bits per heavy atom. The molecule has 8 nitrogen and oxygen atoms in total. The molecule has 0 aliphatic carbocycles. The minimum absolute atomic E-state index is 0.201. The summed E-state index contributed by atoms with van der Waals surface area (Å²) in [5.41, 5.74) is 4.76. The highest BCUT2D eigenvalue weighted by molar-refractivity contribution is 7.89. The van der Waals surface area contributed by atoms with Gasteiger partial charge in [-0.3, -0.25) is 4.79 Å². The molecule has 0 amide bonds. The summed E-state index contributed by atoms with van der Waals surface area (Å²) in [6, 6.07) is 16.5. The van der Waals surface area contributed by atoms with Gasteiger partial charge in [-0.25, -0.2) is 13.1 Å². The van der Waals surface area contributed by atoms with E-state index < -0.39 is 10.0 Å². The highest BCUT2D eigenvalue weighted by Crippen LogP contribution is 2.19. The molecule has 4 rings (SSSR count). The highest BCUT2D eigenvalue weighted by atomic mass is 32.2. The second-order valence-electron chi connectivity index (χ2n) is 8.33.